The largest absolute Gasteiger partial charge is 0.465 e. The van der Waals surface area contributed by atoms with Gasteiger partial charge in [-0.25, -0.2) is 0 Å². The summed E-state index contributed by atoms with van der Waals surface area (Å²) >= 11 is 0. The summed E-state index contributed by atoms with van der Waals surface area (Å²) in [5.41, 5.74) is 2.82. The minimum Gasteiger partial charge on any atom is -0.465 e. The van der Waals surface area contributed by atoms with Crippen molar-refractivity contribution in [2.75, 3.05) is 6.61 Å². The summed E-state index contributed by atoms with van der Waals surface area (Å²) in [4.78, 5) is 11.6. The summed E-state index contributed by atoms with van der Waals surface area (Å²) in [6.07, 6.45) is 8.85. The van der Waals surface area contributed by atoms with Crippen LogP contribution in [0.5, 0.6) is 0 Å². The number of rotatable bonds is 7. The third-order valence-corrected chi connectivity index (χ3v) is 4.13. The Hall–Kier alpha value is -1.31. The first-order valence-corrected chi connectivity index (χ1v) is 8.04. The van der Waals surface area contributed by atoms with Crippen LogP contribution in [0.25, 0.3) is 0 Å². The van der Waals surface area contributed by atoms with Gasteiger partial charge in [-0.1, -0.05) is 37.6 Å². The molecule has 1 unspecified atom stereocenters. The lowest BCUT2D eigenvalue weighted by Crippen LogP contribution is -2.24. The molecule has 0 aromatic heterocycles. The fourth-order valence-electron chi connectivity index (χ4n) is 2.81. The predicted octanol–water partition coefficient (Wildman–Crippen LogP) is 4.31. The average molecular weight is 274 g/mol. The van der Waals surface area contributed by atoms with Crippen molar-refractivity contribution in [1.29, 1.82) is 0 Å². The van der Waals surface area contributed by atoms with E-state index >= 15 is 0 Å². The first-order chi connectivity index (χ1) is 9.79. The third-order valence-electron chi connectivity index (χ3n) is 4.13. The normalized spacial score (nSPS) is 18.9. The van der Waals surface area contributed by atoms with Crippen LogP contribution in [0.15, 0.2) is 24.3 Å². The third kappa shape index (κ3) is 4.66. The fourth-order valence-corrected chi connectivity index (χ4v) is 2.81. The summed E-state index contributed by atoms with van der Waals surface area (Å²) in [5, 5.41) is 0. The highest BCUT2D eigenvalue weighted by Crippen LogP contribution is 2.21. The van der Waals surface area contributed by atoms with Gasteiger partial charge < -0.3 is 4.74 Å². The number of hydrogen-bond donors (Lipinski definition) is 0. The Balaban J connectivity index is 1.72. The molecular formula is C18H26O2. The van der Waals surface area contributed by atoms with Gasteiger partial charge in [-0.05, 0) is 56.1 Å². The minimum atomic E-state index is 0.0196. The van der Waals surface area contributed by atoms with Crippen molar-refractivity contribution < 1.29 is 9.53 Å². The molecule has 1 aliphatic heterocycles. The molecule has 0 radical (unpaired) electrons. The van der Waals surface area contributed by atoms with E-state index in [1.165, 1.54) is 30.4 Å². The summed E-state index contributed by atoms with van der Waals surface area (Å²) < 4.78 is 5.11. The Bertz CT molecular complexity index is 408. The smallest absolute Gasteiger partial charge is 0.308 e. The molecule has 0 bridgehead atoms. The molecule has 0 N–H and O–H groups in total. The SMILES string of the molecule is CCCCc1ccc(CCCC2CCCOC2=O)cc1. The number of carbonyl (C=O) groups excluding carboxylic acids is 1. The molecule has 1 fully saturated rings. The molecule has 0 amide bonds. The maximum Gasteiger partial charge on any atom is 0.308 e. The molecule has 2 nitrogen and oxygen atoms in total. The van der Waals surface area contributed by atoms with Gasteiger partial charge in [0.15, 0.2) is 0 Å². The average Bonchev–Trinajstić information content (AvgIpc) is 2.48. The van der Waals surface area contributed by atoms with Crippen molar-refractivity contribution in [2.45, 2.75) is 58.3 Å². The molecule has 110 valence electrons. The molecule has 2 rings (SSSR count). The monoisotopic (exact) mass is 274 g/mol. The topological polar surface area (TPSA) is 26.3 Å². The van der Waals surface area contributed by atoms with E-state index < -0.39 is 0 Å². The Labute approximate surface area is 122 Å². The summed E-state index contributed by atoms with van der Waals surface area (Å²) in [6, 6.07) is 8.98. The number of cyclic esters (lactones) is 1. The number of unbranched alkanes of at least 4 members (excludes halogenated alkanes) is 1. The van der Waals surface area contributed by atoms with Crippen molar-refractivity contribution in [3.63, 3.8) is 0 Å². The second-order valence-corrected chi connectivity index (χ2v) is 5.82. The van der Waals surface area contributed by atoms with Gasteiger partial charge in [-0.2, -0.15) is 0 Å². The maximum atomic E-state index is 11.6. The number of benzene rings is 1. The van der Waals surface area contributed by atoms with E-state index in [0.717, 1.165) is 32.1 Å². The van der Waals surface area contributed by atoms with Crippen LogP contribution in [0, 0.1) is 5.92 Å². The second-order valence-electron chi connectivity index (χ2n) is 5.82. The summed E-state index contributed by atoms with van der Waals surface area (Å²) in [7, 11) is 0. The standard InChI is InChI=1S/C18H26O2/c1-2-3-6-15-10-12-16(13-11-15)7-4-8-17-9-5-14-20-18(17)19/h10-13,17H,2-9,14H2,1H3. The summed E-state index contributed by atoms with van der Waals surface area (Å²) in [5.74, 6) is 0.166. The van der Waals surface area contributed by atoms with Crippen LogP contribution in [-0.4, -0.2) is 12.6 Å². The molecule has 0 aliphatic carbocycles. The zero-order valence-corrected chi connectivity index (χ0v) is 12.6. The van der Waals surface area contributed by atoms with Crippen LogP contribution < -0.4 is 0 Å². The second kappa shape index (κ2) is 8.08. The number of hydrogen-bond acceptors (Lipinski definition) is 2. The molecule has 1 saturated heterocycles. The van der Waals surface area contributed by atoms with Gasteiger partial charge in [0.1, 0.15) is 0 Å². The molecule has 1 heterocycles. The molecule has 2 heteroatoms. The van der Waals surface area contributed by atoms with Crippen LogP contribution in [0.2, 0.25) is 0 Å². The number of ether oxygens (including phenoxy) is 1. The molecule has 1 aromatic rings. The lowest BCUT2D eigenvalue weighted by molar-refractivity contribution is -0.153. The van der Waals surface area contributed by atoms with Crippen LogP contribution in [0.3, 0.4) is 0 Å². The molecule has 1 aromatic carbocycles. The van der Waals surface area contributed by atoms with Gasteiger partial charge in [-0.15, -0.1) is 0 Å². The van der Waals surface area contributed by atoms with E-state index in [4.69, 9.17) is 4.74 Å². The van der Waals surface area contributed by atoms with Gasteiger partial charge >= 0.3 is 5.97 Å². The predicted molar refractivity (Wildman–Crippen MR) is 81.7 cm³/mol. The first kappa shape index (κ1) is 15.1. The molecule has 0 spiro atoms. The van der Waals surface area contributed by atoms with Crippen molar-refractivity contribution >= 4 is 5.97 Å². The van der Waals surface area contributed by atoms with E-state index in [1.807, 2.05) is 0 Å². The Kier molecular flexibility index (Phi) is 6.10. The fraction of sp³-hybridized carbons (Fsp3) is 0.611. The van der Waals surface area contributed by atoms with E-state index in [2.05, 4.69) is 31.2 Å². The molecule has 1 aliphatic rings. The van der Waals surface area contributed by atoms with Gasteiger partial charge in [0.25, 0.3) is 0 Å². The van der Waals surface area contributed by atoms with E-state index in [0.29, 0.717) is 6.61 Å². The highest BCUT2D eigenvalue weighted by atomic mass is 16.5. The van der Waals surface area contributed by atoms with Crippen LogP contribution in [-0.2, 0) is 22.4 Å². The highest BCUT2D eigenvalue weighted by molar-refractivity contribution is 5.72. The molecule has 0 saturated carbocycles. The Morgan fingerprint density at radius 2 is 1.75 bits per heavy atom. The van der Waals surface area contributed by atoms with Crippen molar-refractivity contribution in [3.05, 3.63) is 35.4 Å². The number of esters is 1. The van der Waals surface area contributed by atoms with Gasteiger partial charge in [0, 0.05) is 0 Å². The van der Waals surface area contributed by atoms with Crippen molar-refractivity contribution in [1.82, 2.24) is 0 Å². The van der Waals surface area contributed by atoms with Crippen LogP contribution in [0.4, 0.5) is 0 Å². The zero-order valence-electron chi connectivity index (χ0n) is 12.6. The van der Waals surface area contributed by atoms with Gasteiger partial charge in [0.2, 0.25) is 0 Å². The minimum absolute atomic E-state index is 0.0196. The lowest BCUT2D eigenvalue weighted by atomic mass is 9.94. The number of carbonyl (C=O) groups is 1. The maximum absolute atomic E-state index is 11.6. The molecule has 1 atom stereocenters. The van der Waals surface area contributed by atoms with Gasteiger partial charge in [0.05, 0.1) is 12.5 Å². The van der Waals surface area contributed by atoms with Crippen molar-refractivity contribution in [3.8, 4) is 0 Å². The molecule has 20 heavy (non-hydrogen) atoms. The van der Waals surface area contributed by atoms with E-state index in [9.17, 15) is 4.79 Å². The highest BCUT2D eigenvalue weighted by Gasteiger charge is 2.23. The zero-order chi connectivity index (χ0) is 14.2. The van der Waals surface area contributed by atoms with Crippen LogP contribution in [0.1, 0.15) is 56.6 Å². The van der Waals surface area contributed by atoms with Gasteiger partial charge in [-0.3, -0.25) is 4.79 Å². The number of aryl methyl sites for hydroxylation is 2. The van der Waals surface area contributed by atoms with E-state index in [-0.39, 0.29) is 11.9 Å². The Morgan fingerprint density at radius 1 is 1.10 bits per heavy atom. The summed E-state index contributed by atoms with van der Waals surface area (Å²) in [6.45, 7) is 2.85. The lowest BCUT2D eigenvalue weighted by Gasteiger charge is -2.20. The van der Waals surface area contributed by atoms with Crippen LogP contribution >= 0.6 is 0 Å². The Morgan fingerprint density at radius 3 is 2.35 bits per heavy atom. The first-order valence-electron chi connectivity index (χ1n) is 8.04. The van der Waals surface area contributed by atoms with E-state index in [1.54, 1.807) is 0 Å². The van der Waals surface area contributed by atoms with Crippen molar-refractivity contribution in [2.24, 2.45) is 5.92 Å². The molecular weight excluding hydrogens is 248 g/mol. The quantitative estimate of drug-likeness (QED) is 0.693.